The van der Waals surface area contributed by atoms with Crippen LogP contribution < -0.4 is 0 Å². The summed E-state index contributed by atoms with van der Waals surface area (Å²) in [5, 5.41) is 0. The molecular weight excluding hydrogens is 218 g/mol. The molecule has 0 bridgehead atoms. The molecule has 2 aromatic rings. The van der Waals surface area contributed by atoms with Crippen molar-refractivity contribution < 1.29 is 0 Å². The Bertz CT molecular complexity index is 449. The summed E-state index contributed by atoms with van der Waals surface area (Å²) in [4.78, 5) is 4.01. The molecule has 1 aromatic carbocycles. The summed E-state index contributed by atoms with van der Waals surface area (Å²) in [5.74, 6) is 0. The predicted molar refractivity (Wildman–Crippen MR) is 71.5 cm³/mol. The second-order valence-electron chi connectivity index (χ2n) is 3.47. The monoisotopic (exact) mass is 231 g/mol. The number of hydrogen-bond donors (Lipinski definition) is 0. The van der Waals surface area contributed by atoms with Crippen LogP contribution in [-0.2, 0) is 0 Å². The number of benzene rings is 1. The third kappa shape index (κ3) is 3.21. The van der Waals surface area contributed by atoms with Crippen molar-refractivity contribution in [2.75, 3.05) is 0 Å². The molecule has 0 saturated heterocycles. The summed E-state index contributed by atoms with van der Waals surface area (Å²) < 4.78 is 0. The summed E-state index contributed by atoms with van der Waals surface area (Å²) in [5.41, 5.74) is 3.70. The fourth-order valence-electron chi connectivity index (χ4n) is 1.50. The maximum Gasteiger partial charge on any atom is 0.0273 e. The van der Waals surface area contributed by atoms with Crippen LogP contribution in [0.15, 0.2) is 54.9 Å². The Kier molecular flexibility index (Phi) is 4.74. The summed E-state index contributed by atoms with van der Waals surface area (Å²) in [6.07, 6.45) is 5.81. The topological polar surface area (TPSA) is 12.9 Å². The van der Waals surface area contributed by atoms with Gasteiger partial charge in [0.25, 0.3) is 0 Å². The number of hydrogen-bond acceptors (Lipinski definition) is 1. The first-order chi connectivity index (χ1) is 7.36. The molecule has 1 nitrogen and oxygen atoms in total. The third-order valence-corrected chi connectivity index (χ3v) is 2.32. The molecule has 0 radical (unpaired) electrons. The largest absolute Gasteiger partial charge is 0.265 e. The quantitative estimate of drug-likeness (QED) is 0.760. The van der Waals surface area contributed by atoms with Crippen molar-refractivity contribution in [2.45, 2.75) is 6.92 Å². The minimum atomic E-state index is 0. The first-order valence-electron chi connectivity index (χ1n) is 5.00. The van der Waals surface area contributed by atoms with Gasteiger partial charge in [-0.3, -0.25) is 4.98 Å². The van der Waals surface area contributed by atoms with Crippen molar-refractivity contribution >= 4 is 24.1 Å². The lowest BCUT2D eigenvalue weighted by Crippen LogP contribution is -1.80. The number of rotatable bonds is 2. The highest BCUT2D eigenvalue weighted by Crippen LogP contribution is 2.16. The minimum Gasteiger partial charge on any atom is -0.265 e. The molecule has 0 aliphatic carbocycles. The van der Waals surface area contributed by atoms with E-state index in [2.05, 4.69) is 30.1 Å². The van der Waals surface area contributed by atoms with Gasteiger partial charge in [-0.05, 0) is 35.8 Å². The fourth-order valence-corrected chi connectivity index (χ4v) is 1.50. The van der Waals surface area contributed by atoms with E-state index in [4.69, 9.17) is 0 Å². The van der Waals surface area contributed by atoms with Crippen LogP contribution in [0.5, 0.6) is 0 Å². The number of nitrogens with zero attached hydrogens (tertiary/aromatic N) is 1. The maximum absolute atomic E-state index is 4.01. The van der Waals surface area contributed by atoms with Gasteiger partial charge in [0.1, 0.15) is 0 Å². The Hall–Kier alpha value is -1.60. The van der Waals surface area contributed by atoms with Crippen molar-refractivity contribution in [3.05, 3.63) is 66.0 Å². The molecule has 0 N–H and O–H groups in total. The van der Waals surface area contributed by atoms with E-state index in [9.17, 15) is 0 Å². The summed E-state index contributed by atoms with van der Waals surface area (Å²) >= 11 is 0. The van der Waals surface area contributed by atoms with Crippen LogP contribution in [-0.4, -0.2) is 4.98 Å². The normalized spacial score (nSPS) is 10.7. The Morgan fingerprint density at radius 1 is 1.00 bits per heavy atom. The smallest absolute Gasteiger partial charge is 0.0273 e. The van der Waals surface area contributed by atoms with E-state index in [1.54, 1.807) is 0 Å². The van der Waals surface area contributed by atoms with Gasteiger partial charge in [-0.1, -0.05) is 36.4 Å². The van der Waals surface area contributed by atoms with Crippen molar-refractivity contribution in [1.82, 2.24) is 4.98 Å². The van der Waals surface area contributed by atoms with Crippen LogP contribution in [0.4, 0.5) is 0 Å². The molecule has 0 spiro atoms. The highest BCUT2D eigenvalue weighted by atomic mass is 35.5. The number of halogens is 1. The van der Waals surface area contributed by atoms with Gasteiger partial charge in [0.05, 0.1) is 0 Å². The summed E-state index contributed by atoms with van der Waals surface area (Å²) in [7, 11) is 0. The van der Waals surface area contributed by atoms with E-state index in [0.717, 1.165) is 0 Å². The molecule has 82 valence electrons. The van der Waals surface area contributed by atoms with Crippen LogP contribution in [0.2, 0.25) is 0 Å². The minimum absolute atomic E-state index is 0. The van der Waals surface area contributed by atoms with Gasteiger partial charge in [0.15, 0.2) is 0 Å². The van der Waals surface area contributed by atoms with E-state index >= 15 is 0 Å². The van der Waals surface area contributed by atoms with Crippen LogP contribution >= 0.6 is 12.4 Å². The summed E-state index contributed by atoms with van der Waals surface area (Å²) in [6, 6.07) is 14.4. The van der Waals surface area contributed by atoms with E-state index in [0.29, 0.717) is 0 Å². The van der Waals surface area contributed by atoms with E-state index in [-0.39, 0.29) is 12.4 Å². The Morgan fingerprint density at radius 2 is 1.62 bits per heavy atom. The molecule has 0 atom stereocenters. The van der Waals surface area contributed by atoms with Gasteiger partial charge in [-0.15, -0.1) is 12.4 Å². The lowest BCUT2D eigenvalue weighted by molar-refractivity contribution is 1.31. The fraction of sp³-hybridized carbons (Fsp3) is 0.0714. The Balaban J connectivity index is 0.00000128. The second kappa shape index (κ2) is 6.09. The second-order valence-corrected chi connectivity index (χ2v) is 3.47. The first-order valence-corrected chi connectivity index (χ1v) is 5.00. The average molecular weight is 232 g/mol. The van der Waals surface area contributed by atoms with Gasteiger partial charge < -0.3 is 0 Å². The van der Waals surface area contributed by atoms with E-state index in [1.165, 1.54) is 16.7 Å². The lowest BCUT2D eigenvalue weighted by atomic mass is 10.1. The van der Waals surface area contributed by atoms with E-state index in [1.807, 2.05) is 42.7 Å². The molecule has 0 amide bonds. The number of aromatic nitrogens is 1. The molecule has 0 aliphatic rings. The highest BCUT2D eigenvalue weighted by molar-refractivity contribution is 5.85. The molecule has 0 saturated carbocycles. The van der Waals surface area contributed by atoms with Crippen LogP contribution in [0.3, 0.4) is 0 Å². The van der Waals surface area contributed by atoms with Crippen LogP contribution in [0.1, 0.15) is 18.1 Å². The van der Waals surface area contributed by atoms with Gasteiger partial charge in [0, 0.05) is 12.4 Å². The molecule has 16 heavy (non-hydrogen) atoms. The van der Waals surface area contributed by atoms with Crippen LogP contribution in [0, 0.1) is 0 Å². The predicted octanol–water partition coefficient (Wildman–Crippen LogP) is 4.06. The van der Waals surface area contributed by atoms with Gasteiger partial charge in [-0.25, -0.2) is 0 Å². The SMILES string of the molecule is C/C(=C\c1ccccc1)c1ccncc1.Cl. The van der Waals surface area contributed by atoms with Crippen LogP contribution in [0.25, 0.3) is 11.6 Å². The number of allylic oxidation sites excluding steroid dienone is 1. The Labute approximate surface area is 102 Å². The van der Waals surface area contributed by atoms with Gasteiger partial charge >= 0.3 is 0 Å². The van der Waals surface area contributed by atoms with Gasteiger partial charge in [-0.2, -0.15) is 0 Å². The molecule has 2 heteroatoms. The molecule has 2 rings (SSSR count). The van der Waals surface area contributed by atoms with Crippen molar-refractivity contribution in [3.8, 4) is 0 Å². The van der Waals surface area contributed by atoms with Crippen molar-refractivity contribution in [3.63, 3.8) is 0 Å². The molecule has 0 unspecified atom stereocenters. The highest BCUT2D eigenvalue weighted by Gasteiger charge is 1.94. The Morgan fingerprint density at radius 3 is 2.25 bits per heavy atom. The first kappa shape index (κ1) is 12.5. The molecule has 1 heterocycles. The van der Waals surface area contributed by atoms with Gasteiger partial charge in [0.2, 0.25) is 0 Å². The van der Waals surface area contributed by atoms with Crippen molar-refractivity contribution in [2.24, 2.45) is 0 Å². The molecular formula is C14H14ClN. The molecule has 0 fully saturated rings. The zero-order chi connectivity index (χ0) is 10.5. The molecule has 1 aromatic heterocycles. The average Bonchev–Trinajstić information content (AvgIpc) is 2.31. The zero-order valence-electron chi connectivity index (χ0n) is 9.13. The van der Waals surface area contributed by atoms with Crippen molar-refractivity contribution in [1.29, 1.82) is 0 Å². The lowest BCUT2D eigenvalue weighted by Gasteiger charge is -2.00. The third-order valence-electron chi connectivity index (χ3n) is 2.32. The standard InChI is InChI=1S/C14H13N.ClH/c1-12(14-7-9-15-10-8-14)11-13-5-3-2-4-6-13;/h2-11H,1H3;1H/b12-11+;. The maximum atomic E-state index is 4.01. The molecule has 0 aliphatic heterocycles. The summed E-state index contributed by atoms with van der Waals surface area (Å²) in [6.45, 7) is 2.11. The zero-order valence-corrected chi connectivity index (χ0v) is 9.95. The van der Waals surface area contributed by atoms with E-state index < -0.39 is 0 Å². The number of pyridine rings is 1.